The second-order valence-corrected chi connectivity index (χ2v) is 5.53. The van der Waals surface area contributed by atoms with Crippen molar-refractivity contribution >= 4 is 0 Å². The van der Waals surface area contributed by atoms with Gasteiger partial charge in [-0.3, -0.25) is 4.90 Å². The molecule has 1 rings (SSSR count). The molecule has 0 spiro atoms. The number of aliphatic hydroxyl groups is 1. The molecule has 0 unspecified atom stereocenters. The van der Waals surface area contributed by atoms with Crippen molar-refractivity contribution in [3.63, 3.8) is 0 Å². The summed E-state index contributed by atoms with van der Waals surface area (Å²) < 4.78 is 5.29. The van der Waals surface area contributed by atoms with Gasteiger partial charge in [0.05, 0.1) is 24.8 Å². The Bertz CT molecular complexity index is 495. The predicted molar refractivity (Wildman–Crippen MR) is 81.6 cm³/mol. The first-order valence-electron chi connectivity index (χ1n) is 6.62. The van der Waals surface area contributed by atoms with E-state index in [1.807, 2.05) is 25.2 Å². The second-order valence-electron chi connectivity index (χ2n) is 5.53. The SMILES string of the molecule is COc1ccc(CN(C)CC(C)(C)O)cc1C#CCN. The average Bonchev–Trinajstić information content (AvgIpc) is 2.34. The van der Waals surface area contributed by atoms with Gasteiger partial charge in [-0.2, -0.15) is 0 Å². The van der Waals surface area contributed by atoms with E-state index in [2.05, 4.69) is 16.7 Å². The highest BCUT2D eigenvalue weighted by Gasteiger charge is 2.15. The molecule has 0 amide bonds. The van der Waals surface area contributed by atoms with Crippen LogP contribution in [-0.4, -0.2) is 42.9 Å². The lowest BCUT2D eigenvalue weighted by Gasteiger charge is -2.25. The zero-order valence-electron chi connectivity index (χ0n) is 12.7. The van der Waals surface area contributed by atoms with Crippen LogP contribution in [-0.2, 0) is 6.54 Å². The van der Waals surface area contributed by atoms with Gasteiger partial charge >= 0.3 is 0 Å². The summed E-state index contributed by atoms with van der Waals surface area (Å²) in [4.78, 5) is 2.07. The molecule has 0 aliphatic carbocycles. The summed E-state index contributed by atoms with van der Waals surface area (Å²) in [6, 6.07) is 5.92. The van der Waals surface area contributed by atoms with Crippen molar-refractivity contribution in [3.05, 3.63) is 29.3 Å². The molecule has 0 aliphatic rings. The van der Waals surface area contributed by atoms with E-state index in [0.29, 0.717) is 13.1 Å². The van der Waals surface area contributed by atoms with Crippen molar-refractivity contribution in [1.29, 1.82) is 0 Å². The third kappa shape index (κ3) is 5.62. The summed E-state index contributed by atoms with van der Waals surface area (Å²) in [5, 5.41) is 9.82. The Morgan fingerprint density at radius 2 is 2.10 bits per heavy atom. The molecular weight excluding hydrogens is 252 g/mol. The minimum absolute atomic E-state index is 0.325. The van der Waals surface area contributed by atoms with Gasteiger partial charge in [-0.15, -0.1) is 0 Å². The van der Waals surface area contributed by atoms with Gasteiger partial charge in [0.1, 0.15) is 5.75 Å². The molecule has 1 aromatic carbocycles. The Morgan fingerprint density at radius 3 is 2.65 bits per heavy atom. The molecular formula is C16H24N2O2. The fourth-order valence-corrected chi connectivity index (χ4v) is 2.13. The molecule has 3 N–H and O–H groups in total. The summed E-state index contributed by atoms with van der Waals surface area (Å²) in [7, 11) is 3.61. The number of nitrogens with zero attached hydrogens (tertiary/aromatic N) is 1. The Labute approximate surface area is 121 Å². The van der Waals surface area contributed by atoms with E-state index in [-0.39, 0.29) is 0 Å². The van der Waals surface area contributed by atoms with Gasteiger partial charge in [-0.25, -0.2) is 0 Å². The molecule has 0 aliphatic heterocycles. The highest BCUT2D eigenvalue weighted by Crippen LogP contribution is 2.20. The third-order valence-corrected chi connectivity index (χ3v) is 2.70. The zero-order valence-corrected chi connectivity index (χ0v) is 12.7. The van der Waals surface area contributed by atoms with Crippen molar-refractivity contribution < 1.29 is 9.84 Å². The number of methoxy groups -OCH3 is 1. The lowest BCUT2D eigenvalue weighted by Crippen LogP contribution is -2.35. The van der Waals surface area contributed by atoms with E-state index in [9.17, 15) is 5.11 Å². The molecule has 0 heterocycles. The largest absolute Gasteiger partial charge is 0.495 e. The molecule has 0 radical (unpaired) electrons. The molecule has 0 saturated heterocycles. The molecule has 0 bridgehead atoms. The third-order valence-electron chi connectivity index (χ3n) is 2.70. The van der Waals surface area contributed by atoms with E-state index in [4.69, 9.17) is 10.5 Å². The van der Waals surface area contributed by atoms with Crippen LogP contribution < -0.4 is 10.5 Å². The highest BCUT2D eigenvalue weighted by atomic mass is 16.5. The number of ether oxygens (including phenoxy) is 1. The van der Waals surface area contributed by atoms with Crippen molar-refractivity contribution in [3.8, 4) is 17.6 Å². The van der Waals surface area contributed by atoms with Gasteiger partial charge in [0.15, 0.2) is 0 Å². The number of nitrogens with two attached hydrogens (primary N) is 1. The molecule has 110 valence electrons. The quantitative estimate of drug-likeness (QED) is 0.794. The second kappa shape index (κ2) is 7.30. The minimum atomic E-state index is -0.705. The fourth-order valence-electron chi connectivity index (χ4n) is 2.13. The highest BCUT2D eigenvalue weighted by molar-refractivity contribution is 5.48. The monoisotopic (exact) mass is 276 g/mol. The fraction of sp³-hybridized carbons (Fsp3) is 0.500. The number of likely N-dealkylation sites (N-methyl/N-ethyl adjacent to an activating group) is 1. The van der Waals surface area contributed by atoms with Crippen LogP contribution in [0.4, 0.5) is 0 Å². The minimum Gasteiger partial charge on any atom is -0.495 e. The molecule has 1 aromatic rings. The Balaban J connectivity index is 2.86. The first-order valence-corrected chi connectivity index (χ1v) is 6.62. The van der Waals surface area contributed by atoms with Gasteiger partial charge in [0.2, 0.25) is 0 Å². The molecule has 0 saturated carbocycles. The van der Waals surface area contributed by atoms with Crippen LogP contribution in [0.1, 0.15) is 25.0 Å². The van der Waals surface area contributed by atoms with E-state index in [0.717, 1.165) is 23.4 Å². The number of hydrogen-bond donors (Lipinski definition) is 2. The molecule has 20 heavy (non-hydrogen) atoms. The van der Waals surface area contributed by atoms with Crippen LogP contribution in [0.25, 0.3) is 0 Å². The van der Waals surface area contributed by atoms with Crippen molar-refractivity contribution in [1.82, 2.24) is 4.90 Å². The molecule has 0 atom stereocenters. The summed E-state index contributed by atoms with van der Waals surface area (Å²) in [5.74, 6) is 6.61. The van der Waals surface area contributed by atoms with Gasteiger partial charge in [0.25, 0.3) is 0 Å². The number of benzene rings is 1. The molecule has 0 aromatic heterocycles. The van der Waals surface area contributed by atoms with Crippen molar-refractivity contribution in [2.75, 3.05) is 27.2 Å². The van der Waals surface area contributed by atoms with Gasteiger partial charge in [0, 0.05) is 13.1 Å². The Morgan fingerprint density at radius 1 is 1.40 bits per heavy atom. The summed E-state index contributed by atoms with van der Waals surface area (Å²) in [5.41, 5.74) is 6.66. The van der Waals surface area contributed by atoms with Gasteiger partial charge in [-0.05, 0) is 38.6 Å². The van der Waals surface area contributed by atoms with Crippen LogP contribution in [0.15, 0.2) is 18.2 Å². The topological polar surface area (TPSA) is 58.7 Å². The van der Waals surface area contributed by atoms with E-state index < -0.39 is 5.60 Å². The maximum atomic E-state index is 9.82. The van der Waals surface area contributed by atoms with Crippen molar-refractivity contribution in [2.45, 2.75) is 26.0 Å². The van der Waals surface area contributed by atoms with Crippen LogP contribution >= 0.6 is 0 Å². The molecule has 4 heteroatoms. The van der Waals surface area contributed by atoms with Gasteiger partial charge in [-0.1, -0.05) is 17.9 Å². The zero-order chi connectivity index (χ0) is 15.2. The number of hydrogen-bond acceptors (Lipinski definition) is 4. The normalized spacial score (nSPS) is 11.2. The van der Waals surface area contributed by atoms with Crippen LogP contribution in [0.3, 0.4) is 0 Å². The van der Waals surface area contributed by atoms with E-state index >= 15 is 0 Å². The molecule has 4 nitrogen and oxygen atoms in total. The maximum absolute atomic E-state index is 9.82. The standard InChI is InChI=1S/C16H24N2O2/c1-16(2,19)12-18(3)11-13-7-8-15(20-4)14(10-13)6-5-9-17/h7-8,10,19H,9,11-12,17H2,1-4H3. The summed E-state index contributed by atoms with van der Waals surface area (Å²) in [6.45, 7) is 5.27. The Kier molecular flexibility index (Phi) is 6.03. The average molecular weight is 276 g/mol. The summed E-state index contributed by atoms with van der Waals surface area (Å²) in [6.07, 6.45) is 0. The Hall–Kier alpha value is -1.54. The van der Waals surface area contributed by atoms with E-state index in [1.165, 1.54) is 0 Å². The predicted octanol–water partition coefficient (Wildman–Crippen LogP) is 1.21. The summed E-state index contributed by atoms with van der Waals surface area (Å²) >= 11 is 0. The lowest BCUT2D eigenvalue weighted by molar-refractivity contribution is 0.0425. The van der Waals surface area contributed by atoms with Crippen molar-refractivity contribution in [2.24, 2.45) is 5.73 Å². The van der Waals surface area contributed by atoms with E-state index in [1.54, 1.807) is 21.0 Å². The lowest BCUT2D eigenvalue weighted by atomic mass is 10.1. The molecule has 0 fully saturated rings. The first-order chi connectivity index (χ1) is 9.35. The smallest absolute Gasteiger partial charge is 0.134 e. The number of rotatable bonds is 5. The first kappa shape index (κ1) is 16.5. The van der Waals surface area contributed by atoms with Gasteiger partial charge < -0.3 is 15.6 Å². The van der Waals surface area contributed by atoms with Crippen LogP contribution in [0.5, 0.6) is 5.75 Å². The maximum Gasteiger partial charge on any atom is 0.134 e. The van der Waals surface area contributed by atoms with Crippen LogP contribution in [0.2, 0.25) is 0 Å². The van der Waals surface area contributed by atoms with Crippen LogP contribution in [0, 0.1) is 11.8 Å².